The molecule has 17 heteroatoms. The van der Waals surface area contributed by atoms with Crippen LogP contribution in [-0.2, 0) is 14.5 Å². The van der Waals surface area contributed by atoms with Gasteiger partial charge in [-0.3, -0.25) is 4.90 Å². The lowest BCUT2D eigenvalue weighted by atomic mass is 10.4. The molecular weight excluding hydrogens is 334 g/mol. The number of rotatable bonds is 12. The standard InChI is InChI=1S/C6H12N4O9.HNO3/c11-8(12)17-4-1-7(2-5-18-9(13)14)3-6-19-10(15)16;2-1(3)4/h1-6H2;(H,2,3,4). The fraction of sp³-hybridized carbons (Fsp3) is 1.00. The van der Waals surface area contributed by atoms with Crippen LogP contribution in [0.25, 0.3) is 0 Å². The Morgan fingerprint density at radius 1 is 0.696 bits per heavy atom. The zero-order valence-electron chi connectivity index (χ0n) is 11.4. The normalized spacial score (nSPS) is 9.26. The van der Waals surface area contributed by atoms with Gasteiger partial charge in [-0.2, -0.15) is 0 Å². The van der Waals surface area contributed by atoms with Gasteiger partial charge in [-0.1, -0.05) is 0 Å². The molecule has 0 aliphatic rings. The average Bonchev–Trinajstić information content (AvgIpc) is 2.36. The molecule has 0 heterocycles. The number of nitrogens with zero attached hydrogens (tertiary/aromatic N) is 5. The van der Waals surface area contributed by atoms with Gasteiger partial charge in [-0.05, 0) is 0 Å². The topological polar surface area (TPSA) is 224 Å². The SMILES string of the molecule is O=[N+]([O-])O.O=[N+]([O-])OCCN(CCO[N+](=O)[O-])CCO[N+](=O)[O-]. The fourth-order valence-corrected chi connectivity index (χ4v) is 1.07. The zero-order chi connectivity index (χ0) is 18.3. The van der Waals surface area contributed by atoms with Crippen molar-refractivity contribution in [1.29, 1.82) is 0 Å². The summed E-state index contributed by atoms with van der Waals surface area (Å²) in [6, 6.07) is 0. The molecular formula is C6H13N5O12. The van der Waals surface area contributed by atoms with Crippen molar-refractivity contribution >= 4 is 0 Å². The Morgan fingerprint density at radius 3 is 1.09 bits per heavy atom. The summed E-state index contributed by atoms with van der Waals surface area (Å²) in [7, 11) is 0. The molecule has 1 N–H and O–H groups in total. The second-order valence-corrected chi connectivity index (χ2v) is 3.25. The molecule has 23 heavy (non-hydrogen) atoms. The Balaban J connectivity index is 0. The smallest absolute Gasteiger partial charge is 0.294 e. The van der Waals surface area contributed by atoms with Crippen molar-refractivity contribution in [3.05, 3.63) is 40.5 Å². The van der Waals surface area contributed by atoms with Crippen molar-refractivity contribution in [2.75, 3.05) is 39.5 Å². The summed E-state index contributed by atoms with van der Waals surface area (Å²) in [5.74, 6) is 0. The molecule has 0 radical (unpaired) electrons. The molecule has 0 aromatic rings. The van der Waals surface area contributed by atoms with Gasteiger partial charge < -0.3 is 19.7 Å². The Kier molecular flexibility index (Phi) is 13.2. The van der Waals surface area contributed by atoms with Gasteiger partial charge in [0.25, 0.3) is 20.3 Å². The van der Waals surface area contributed by atoms with E-state index in [4.69, 9.17) is 15.3 Å². The molecule has 0 rings (SSSR count). The summed E-state index contributed by atoms with van der Waals surface area (Å²) in [5.41, 5.74) is 0. The second kappa shape index (κ2) is 13.7. The highest BCUT2D eigenvalue weighted by atomic mass is 17.0. The molecule has 0 unspecified atom stereocenters. The quantitative estimate of drug-likeness (QED) is 0.316. The molecule has 0 fully saturated rings. The molecule has 17 nitrogen and oxygen atoms in total. The van der Waals surface area contributed by atoms with Crippen molar-refractivity contribution in [3.63, 3.8) is 0 Å². The van der Waals surface area contributed by atoms with Crippen molar-refractivity contribution in [3.8, 4) is 0 Å². The summed E-state index contributed by atoms with van der Waals surface area (Å²) in [6.07, 6.45) is 0. The van der Waals surface area contributed by atoms with E-state index in [0.29, 0.717) is 0 Å². The second-order valence-electron chi connectivity index (χ2n) is 3.25. The monoisotopic (exact) mass is 347 g/mol. The summed E-state index contributed by atoms with van der Waals surface area (Å²) in [4.78, 5) is 51.7. The van der Waals surface area contributed by atoms with Gasteiger partial charge in [0.15, 0.2) is 0 Å². The van der Waals surface area contributed by atoms with Crippen LogP contribution in [0.5, 0.6) is 0 Å². The zero-order valence-corrected chi connectivity index (χ0v) is 11.4. The molecule has 0 aromatic heterocycles. The van der Waals surface area contributed by atoms with Gasteiger partial charge >= 0.3 is 0 Å². The maximum atomic E-state index is 9.92. The first kappa shape index (κ1) is 22.0. The molecule has 0 aliphatic carbocycles. The van der Waals surface area contributed by atoms with E-state index in [9.17, 15) is 30.3 Å². The average molecular weight is 347 g/mol. The summed E-state index contributed by atoms with van der Waals surface area (Å²) in [6.45, 7) is -0.687. The van der Waals surface area contributed by atoms with E-state index >= 15 is 0 Å². The molecule has 0 saturated heterocycles. The van der Waals surface area contributed by atoms with Crippen LogP contribution in [0.15, 0.2) is 0 Å². The minimum absolute atomic E-state index is 0.0448. The Labute approximate surface area is 126 Å². The van der Waals surface area contributed by atoms with Gasteiger partial charge in [-0.15, -0.1) is 40.5 Å². The maximum absolute atomic E-state index is 9.92. The number of hydrogen-bond donors (Lipinski definition) is 1. The Bertz CT molecular complexity index is 339. The highest BCUT2D eigenvalue weighted by Gasteiger charge is 2.08. The third kappa shape index (κ3) is 24.2. The summed E-state index contributed by atoms with van der Waals surface area (Å²) < 4.78 is 0. The Hall–Kier alpha value is -3.24. The fourth-order valence-electron chi connectivity index (χ4n) is 1.07. The van der Waals surface area contributed by atoms with Gasteiger partial charge in [0.2, 0.25) is 0 Å². The van der Waals surface area contributed by atoms with Gasteiger partial charge in [0, 0.05) is 19.6 Å². The van der Waals surface area contributed by atoms with Crippen molar-refractivity contribution in [2.45, 2.75) is 0 Å². The Morgan fingerprint density at radius 2 is 0.913 bits per heavy atom. The first-order valence-corrected chi connectivity index (χ1v) is 5.52. The molecule has 0 bridgehead atoms. The molecule has 0 spiro atoms. The van der Waals surface area contributed by atoms with Crippen molar-refractivity contribution in [1.82, 2.24) is 4.90 Å². The van der Waals surface area contributed by atoms with Crippen molar-refractivity contribution in [2.24, 2.45) is 0 Å². The maximum Gasteiger partial charge on any atom is 0.294 e. The molecule has 0 aliphatic heterocycles. The van der Waals surface area contributed by atoms with Crippen LogP contribution in [0.2, 0.25) is 0 Å². The van der Waals surface area contributed by atoms with E-state index in [1.54, 1.807) is 0 Å². The highest BCUT2D eigenvalue weighted by molar-refractivity contribution is 4.55. The van der Waals surface area contributed by atoms with E-state index in [2.05, 4.69) is 14.5 Å². The van der Waals surface area contributed by atoms with E-state index in [-0.39, 0.29) is 39.5 Å². The third-order valence-electron chi connectivity index (χ3n) is 1.81. The van der Waals surface area contributed by atoms with Crippen LogP contribution >= 0.6 is 0 Å². The highest BCUT2D eigenvalue weighted by Crippen LogP contribution is 1.91. The first-order valence-electron chi connectivity index (χ1n) is 5.52. The van der Waals surface area contributed by atoms with Crippen LogP contribution in [0, 0.1) is 40.5 Å². The molecule has 0 atom stereocenters. The van der Waals surface area contributed by atoms with E-state index in [1.807, 2.05) is 0 Å². The van der Waals surface area contributed by atoms with E-state index in [1.165, 1.54) is 4.90 Å². The van der Waals surface area contributed by atoms with Gasteiger partial charge in [0.05, 0.1) is 0 Å². The van der Waals surface area contributed by atoms with Crippen LogP contribution in [0.1, 0.15) is 0 Å². The molecule has 0 saturated carbocycles. The largest absolute Gasteiger partial charge is 0.328 e. The minimum Gasteiger partial charge on any atom is -0.328 e. The van der Waals surface area contributed by atoms with Gasteiger partial charge in [-0.25, -0.2) is 0 Å². The van der Waals surface area contributed by atoms with E-state index in [0.717, 1.165) is 0 Å². The predicted octanol–water partition coefficient (Wildman–Crippen LogP) is -1.43. The molecule has 0 aromatic carbocycles. The lowest BCUT2D eigenvalue weighted by Gasteiger charge is -2.20. The van der Waals surface area contributed by atoms with Crippen LogP contribution in [0.4, 0.5) is 0 Å². The number of hydrogen-bond acceptors (Lipinski definition) is 12. The van der Waals surface area contributed by atoms with Gasteiger partial charge in [0.1, 0.15) is 19.8 Å². The lowest BCUT2D eigenvalue weighted by Crippen LogP contribution is -2.35. The van der Waals surface area contributed by atoms with Crippen LogP contribution in [0.3, 0.4) is 0 Å². The van der Waals surface area contributed by atoms with Crippen molar-refractivity contribution < 1.29 is 40.1 Å². The first-order chi connectivity index (χ1) is 10.6. The lowest BCUT2D eigenvalue weighted by molar-refractivity contribution is -0.760. The van der Waals surface area contributed by atoms with Crippen LogP contribution < -0.4 is 0 Å². The minimum atomic E-state index is -1.50. The summed E-state index contributed by atoms with van der Waals surface area (Å²) in [5, 5.41) is 40.5. The van der Waals surface area contributed by atoms with E-state index < -0.39 is 20.3 Å². The molecule has 134 valence electrons. The summed E-state index contributed by atoms with van der Waals surface area (Å²) >= 11 is 0. The predicted molar refractivity (Wildman–Crippen MR) is 64.1 cm³/mol. The van der Waals surface area contributed by atoms with Crippen LogP contribution in [-0.4, -0.2) is 69.9 Å². The molecule has 0 amide bonds. The third-order valence-corrected chi connectivity index (χ3v) is 1.81.